The van der Waals surface area contributed by atoms with Crippen LogP contribution in [0.25, 0.3) is 0 Å². The third-order valence-electron chi connectivity index (χ3n) is 3.81. The number of fused-ring (bicyclic) bond motifs is 1. The molecule has 0 saturated carbocycles. The number of thiophene rings is 1. The molecular weight excluding hydrogens is 302 g/mol. The van der Waals surface area contributed by atoms with Crippen LogP contribution < -0.4 is 5.32 Å². The lowest BCUT2D eigenvalue weighted by atomic mass is 10.1. The maximum Gasteiger partial charge on any atom is 0.250 e. The smallest absolute Gasteiger partial charge is 0.250 e. The monoisotopic (exact) mass is 319 g/mol. The molecule has 2 aromatic heterocycles. The molecule has 0 fully saturated rings. The van der Waals surface area contributed by atoms with Crippen molar-refractivity contribution in [3.63, 3.8) is 0 Å². The zero-order chi connectivity index (χ0) is 15.7. The Morgan fingerprint density at radius 1 is 1.41 bits per heavy atom. The summed E-state index contributed by atoms with van der Waals surface area (Å²) in [7, 11) is 1.56. The highest BCUT2D eigenvalue weighted by molar-refractivity contribution is 7.10. The summed E-state index contributed by atoms with van der Waals surface area (Å²) in [5.74, 6) is 0.979. The van der Waals surface area contributed by atoms with Gasteiger partial charge in [0.1, 0.15) is 5.82 Å². The zero-order valence-corrected chi connectivity index (χ0v) is 13.3. The van der Waals surface area contributed by atoms with E-state index >= 15 is 0 Å². The molecule has 1 aliphatic rings. The maximum absolute atomic E-state index is 12.6. The predicted molar refractivity (Wildman–Crippen MR) is 81.3 cm³/mol. The van der Waals surface area contributed by atoms with E-state index in [9.17, 15) is 9.59 Å². The van der Waals surface area contributed by atoms with Crippen molar-refractivity contribution in [2.24, 2.45) is 0 Å². The molecule has 0 radical (unpaired) electrons. The van der Waals surface area contributed by atoms with Crippen molar-refractivity contribution < 1.29 is 9.59 Å². The second-order valence-corrected chi connectivity index (χ2v) is 6.15. The maximum atomic E-state index is 12.6. The molecule has 116 valence electrons. The quantitative estimate of drug-likeness (QED) is 0.894. The number of rotatable bonds is 3. The molecule has 1 atom stereocenters. The predicted octanol–water partition coefficient (Wildman–Crippen LogP) is 0.520. The van der Waals surface area contributed by atoms with Crippen LogP contribution in [0.5, 0.6) is 0 Å². The molecule has 1 unspecified atom stereocenters. The molecule has 0 bridgehead atoms. The summed E-state index contributed by atoms with van der Waals surface area (Å²) in [5.41, 5.74) is 0. The molecule has 0 aliphatic carbocycles. The summed E-state index contributed by atoms with van der Waals surface area (Å²) in [6, 6.07) is 3.13. The van der Waals surface area contributed by atoms with Gasteiger partial charge in [-0.1, -0.05) is 6.07 Å². The van der Waals surface area contributed by atoms with Crippen LogP contribution in [0.1, 0.15) is 22.6 Å². The highest BCUT2D eigenvalue weighted by Gasteiger charge is 2.38. The summed E-state index contributed by atoms with van der Waals surface area (Å²) in [5, 5.41) is 12.7. The van der Waals surface area contributed by atoms with Gasteiger partial charge < -0.3 is 14.8 Å². The number of hydrogen-bond acceptors (Lipinski definition) is 5. The lowest BCUT2D eigenvalue weighted by Gasteiger charge is -2.34. The minimum absolute atomic E-state index is 0.0667. The van der Waals surface area contributed by atoms with Crippen LogP contribution in [0, 0.1) is 6.92 Å². The Kier molecular flexibility index (Phi) is 3.93. The number of amides is 2. The van der Waals surface area contributed by atoms with Crippen molar-refractivity contribution >= 4 is 23.2 Å². The van der Waals surface area contributed by atoms with E-state index in [0.29, 0.717) is 25.3 Å². The molecule has 7 nitrogen and oxygen atoms in total. The van der Waals surface area contributed by atoms with Gasteiger partial charge in [0.2, 0.25) is 5.91 Å². The van der Waals surface area contributed by atoms with Crippen molar-refractivity contribution in [1.82, 2.24) is 25.0 Å². The molecule has 3 rings (SSSR count). The molecule has 0 aromatic carbocycles. The number of likely N-dealkylation sites (N-methyl/N-ethyl adjacent to an activating group) is 1. The Morgan fingerprint density at radius 3 is 2.91 bits per heavy atom. The van der Waals surface area contributed by atoms with Gasteiger partial charge in [-0.05, 0) is 18.4 Å². The van der Waals surface area contributed by atoms with Crippen LogP contribution in [0.15, 0.2) is 17.5 Å². The number of aryl methyl sites for hydroxylation is 1. The number of carbonyl (C=O) groups is 2. The highest BCUT2D eigenvalue weighted by Crippen LogP contribution is 2.26. The van der Waals surface area contributed by atoms with Gasteiger partial charge in [-0.25, -0.2) is 0 Å². The van der Waals surface area contributed by atoms with Gasteiger partial charge in [0, 0.05) is 25.0 Å². The molecule has 0 saturated heterocycles. The van der Waals surface area contributed by atoms with Gasteiger partial charge in [0.15, 0.2) is 11.9 Å². The Bertz CT molecular complexity index is 694. The van der Waals surface area contributed by atoms with E-state index in [1.54, 1.807) is 11.9 Å². The molecule has 0 spiro atoms. The topological polar surface area (TPSA) is 80.1 Å². The summed E-state index contributed by atoms with van der Waals surface area (Å²) in [6.45, 7) is 2.94. The Morgan fingerprint density at radius 2 is 2.23 bits per heavy atom. The lowest BCUT2D eigenvalue weighted by Crippen LogP contribution is -2.49. The van der Waals surface area contributed by atoms with Crippen molar-refractivity contribution in [1.29, 1.82) is 0 Å². The fraction of sp³-hybridized carbons (Fsp3) is 0.429. The number of nitrogens with zero attached hydrogens (tertiary/aromatic N) is 4. The van der Waals surface area contributed by atoms with Gasteiger partial charge in [0.05, 0.1) is 6.42 Å². The number of hydrogen-bond donors (Lipinski definition) is 1. The summed E-state index contributed by atoms with van der Waals surface area (Å²) in [6.07, 6.45) is 0.304. The van der Waals surface area contributed by atoms with E-state index in [-0.39, 0.29) is 11.8 Å². The number of nitrogens with one attached hydrogen (secondary N) is 1. The Labute approximate surface area is 132 Å². The van der Waals surface area contributed by atoms with Crippen molar-refractivity contribution in [2.75, 3.05) is 13.6 Å². The summed E-state index contributed by atoms with van der Waals surface area (Å²) >= 11 is 1.54. The van der Waals surface area contributed by atoms with Crippen LogP contribution in [-0.2, 0) is 22.6 Å². The first-order valence-corrected chi connectivity index (χ1v) is 7.93. The van der Waals surface area contributed by atoms with E-state index in [0.717, 1.165) is 10.7 Å². The Hall–Kier alpha value is -2.22. The zero-order valence-electron chi connectivity index (χ0n) is 12.4. The molecular formula is C14H17N5O2S. The van der Waals surface area contributed by atoms with Gasteiger partial charge in [0.25, 0.3) is 5.91 Å². The largest absolute Gasteiger partial charge is 0.357 e. The number of carbonyl (C=O) groups excluding carboxylic acids is 2. The molecule has 8 heteroatoms. The third kappa shape index (κ3) is 2.50. The first-order chi connectivity index (χ1) is 10.6. The summed E-state index contributed by atoms with van der Waals surface area (Å²) in [4.78, 5) is 27.5. The number of aromatic nitrogens is 3. The average molecular weight is 319 g/mol. The van der Waals surface area contributed by atoms with E-state index in [4.69, 9.17) is 0 Å². The second-order valence-electron chi connectivity index (χ2n) is 5.12. The molecule has 2 aromatic rings. The minimum atomic E-state index is -0.715. The van der Waals surface area contributed by atoms with Crippen LogP contribution >= 0.6 is 11.3 Å². The van der Waals surface area contributed by atoms with Crippen molar-refractivity contribution in [3.05, 3.63) is 34.0 Å². The van der Waals surface area contributed by atoms with Gasteiger partial charge >= 0.3 is 0 Å². The van der Waals surface area contributed by atoms with E-state index in [1.807, 2.05) is 29.0 Å². The third-order valence-corrected chi connectivity index (χ3v) is 4.68. The molecule has 22 heavy (non-hydrogen) atoms. The van der Waals surface area contributed by atoms with E-state index < -0.39 is 6.04 Å². The van der Waals surface area contributed by atoms with E-state index in [2.05, 4.69) is 15.5 Å². The average Bonchev–Trinajstić information content (AvgIpc) is 3.15. The second kappa shape index (κ2) is 5.88. The van der Waals surface area contributed by atoms with Crippen LogP contribution in [-0.4, -0.2) is 45.1 Å². The van der Waals surface area contributed by atoms with Gasteiger partial charge in [-0.3, -0.25) is 9.59 Å². The van der Waals surface area contributed by atoms with E-state index in [1.165, 1.54) is 11.3 Å². The van der Waals surface area contributed by atoms with Crippen LogP contribution in [0.4, 0.5) is 0 Å². The normalized spacial score (nSPS) is 17.2. The SMILES string of the molecule is CNC(=O)C1c2nnc(C)n2CCN1C(=O)Cc1cccs1. The van der Waals surface area contributed by atoms with Gasteiger partial charge in [-0.2, -0.15) is 0 Å². The lowest BCUT2D eigenvalue weighted by molar-refractivity contribution is -0.141. The van der Waals surface area contributed by atoms with Crippen LogP contribution in [0.3, 0.4) is 0 Å². The molecule has 2 amide bonds. The van der Waals surface area contributed by atoms with Crippen LogP contribution in [0.2, 0.25) is 0 Å². The molecule has 3 heterocycles. The van der Waals surface area contributed by atoms with Crippen molar-refractivity contribution in [2.45, 2.75) is 25.9 Å². The fourth-order valence-electron chi connectivity index (χ4n) is 2.68. The van der Waals surface area contributed by atoms with Crippen molar-refractivity contribution in [3.8, 4) is 0 Å². The summed E-state index contributed by atoms with van der Waals surface area (Å²) < 4.78 is 1.90. The van der Waals surface area contributed by atoms with Gasteiger partial charge in [-0.15, -0.1) is 21.5 Å². The molecule has 1 N–H and O–H groups in total. The Balaban J connectivity index is 1.90. The first-order valence-electron chi connectivity index (χ1n) is 7.05. The highest BCUT2D eigenvalue weighted by atomic mass is 32.1. The standard InChI is InChI=1S/C14H17N5O2S/c1-9-16-17-13-12(14(21)15-2)19(6-5-18(9)13)11(20)8-10-4-3-7-22-10/h3-4,7,12H,5-6,8H2,1-2H3,(H,15,21). The minimum Gasteiger partial charge on any atom is -0.357 e. The first kappa shape index (κ1) is 14.7. The molecule has 1 aliphatic heterocycles. The fourth-order valence-corrected chi connectivity index (χ4v) is 3.38.